The molecule has 17 heavy (non-hydrogen) atoms. The highest BCUT2D eigenvalue weighted by Gasteiger charge is 2.14. The molecule has 94 valence electrons. The molecule has 0 saturated heterocycles. The fourth-order valence-electron chi connectivity index (χ4n) is 2.33. The summed E-state index contributed by atoms with van der Waals surface area (Å²) in [7, 11) is 0. The normalized spacial score (nSPS) is 16.5. The van der Waals surface area contributed by atoms with Crippen LogP contribution in [0.4, 0.5) is 0 Å². The number of rotatable bonds is 7. The summed E-state index contributed by atoms with van der Waals surface area (Å²) in [5.41, 5.74) is 1.35. The molecule has 2 heteroatoms. The number of ether oxygens (including phenoxy) is 1. The Labute approximate surface area is 104 Å². The highest BCUT2D eigenvalue weighted by Crippen LogP contribution is 2.20. The Morgan fingerprint density at radius 3 is 2.65 bits per heavy atom. The molecule has 1 fully saturated rings. The first-order valence-electron chi connectivity index (χ1n) is 6.81. The van der Waals surface area contributed by atoms with E-state index in [9.17, 15) is 0 Å². The highest BCUT2D eigenvalue weighted by molar-refractivity contribution is 5.14. The monoisotopic (exact) mass is 233 g/mol. The maximum Gasteiger partial charge on any atom is 0.0575 e. The van der Waals surface area contributed by atoms with E-state index in [0.717, 1.165) is 26.1 Å². The van der Waals surface area contributed by atoms with Crippen molar-refractivity contribution in [1.82, 2.24) is 5.32 Å². The van der Waals surface area contributed by atoms with Crippen LogP contribution in [0, 0.1) is 0 Å². The molecule has 0 aliphatic heterocycles. The zero-order valence-corrected chi connectivity index (χ0v) is 10.5. The van der Waals surface area contributed by atoms with Crippen molar-refractivity contribution in [2.75, 3.05) is 13.2 Å². The minimum absolute atomic E-state index is 0.559. The van der Waals surface area contributed by atoms with Crippen molar-refractivity contribution in [2.24, 2.45) is 0 Å². The Kier molecular flexibility index (Phi) is 5.53. The Morgan fingerprint density at radius 2 is 1.88 bits per heavy atom. The van der Waals surface area contributed by atoms with E-state index < -0.39 is 0 Å². The van der Waals surface area contributed by atoms with Crippen molar-refractivity contribution in [1.29, 1.82) is 0 Å². The van der Waals surface area contributed by atoms with Crippen LogP contribution in [0.25, 0.3) is 0 Å². The van der Waals surface area contributed by atoms with E-state index in [1.165, 1.54) is 31.2 Å². The second kappa shape index (κ2) is 7.46. The van der Waals surface area contributed by atoms with Crippen LogP contribution >= 0.6 is 0 Å². The van der Waals surface area contributed by atoms with Gasteiger partial charge in [-0.05, 0) is 31.4 Å². The molecule has 1 aliphatic carbocycles. The fourth-order valence-corrected chi connectivity index (χ4v) is 2.33. The first-order valence-corrected chi connectivity index (χ1v) is 6.81. The Morgan fingerprint density at radius 1 is 1.12 bits per heavy atom. The topological polar surface area (TPSA) is 21.3 Å². The van der Waals surface area contributed by atoms with Crippen LogP contribution in [0.2, 0.25) is 0 Å². The zero-order chi connectivity index (χ0) is 11.8. The van der Waals surface area contributed by atoms with Crippen molar-refractivity contribution in [3.63, 3.8) is 0 Å². The molecule has 0 radical (unpaired) electrons. The molecule has 0 atom stereocenters. The first-order chi connectivity index (χ1) is 8.45. The summed E-state index contributed by atoms with van der Waals surface area (Å²) < 4.78 is 5.82. The minimum atomic E-state index is 0.559. The summed E-state index contributed by atoms with van der Waals surface area (Å²) in [6.45, 7) is 2.92. The van der Waals surface area contributed by atoms with Gasteiger partial charge in [-0.2, -0.15) is 0 Å². The lowest BCUT2D eigenvalue weighted by molar-refractivity contribution is 0.0568. The molecule has 1 aliphatic rings. The van der Waals surface area contributed by atoms with Gasteiger partial charge in [0.1, 0.15) is 0 Å². The maximum absolute atomic E-state index is 5.82. The molecule has 0 aromatic heterocycles. The predicted molar refractivity (Wildman–Crippen MR) is 71.0 cm³/mol. The van der Waals surface area contributed by atoms with Gasteiger partial charge in [-0.1, -0.05) is 43.2 Å². The average molecular weight is 233 g/mol. The molecular formula is C15H23NO. The molecule has 1 aromatic rings. The molecule has 0 unspecified atom stereocenters. The summed E-state index contributed by atoms with van der Waals surface area (Å²) >= 11 is 0. The lowest BCUT2D eigenvalue weighted by Gasteiger charge is -2.11. The SMILES string of the molecule is c1ccc(CNCCCOC2CCCC2)cc1. The van der Waals surface area contributed by atoms with Gasteiger partial charge in [-0.15, -0.1) is 0 Å². The third-order valence-electron chi connectivity index (χ3n) is 3.33. The van der Waals surface area contributed by atoms with Crippen LogP contribution in [0.5, 0.6) is 0 Å². The lowest BCUT2D eigenvalue weighted by Crippen LogP contribution is -2.18. The number of hydrogen-bond acceptors (Lipinski definition) is 2. The third kappa shape index (κ3) is 4.88. The largest absolute Gasteiger partial charge is 0.378 e. The van der Waals surface area contributed by atoms with Crippen molar-refractivity contribution >= 4 is 0 Å². The Balaban J connectivity index is 1.46. The molecule has 0 bridgehead atoms. The summed E-state index contributed by atoms with van der Waals surface area (Å²) in [6.07, 6.45) is 6.94. The maximum atomic E-state index is 5.82. The van der Waals surface area contributed by atoms with Gasteiger partial charge in [0.25, 0.3) is 0 Å². The zero-order valence-electron chi connectivity index (χ0n) is 10.5. The van der Waals surface area contributed by atoms with Crippen LogP contribution in [-0.4, -0.2) is 19.3 Å². The smallest absolute Gasteiger partial charge is 0.0575 e. The summed E-state index contributed by atoms with van der Waals surface area (Å²) in [4.78, 5) is 0. The van der Waals surface area contributed by atoms with Crippen molar-refractivity contribution in [3.8, 4) is 0 Å². The summed E-state index contributed by atoms with van der Waals surface area (Å²) in [5, 5.41) is 3.45. The molecule has 2 rings (SSSR count). The second-order valence-corrected chi connectivity index (χ2v) is 4.79. The summed E-state index contributed by atoms with van der Waals surface area (Å²) in [5.74, 6) is 0. The predicted octanol–water partition coefficient (Wildman–Crippen LogP) is 3.13. The van der Waals surface area contributed by atoms with E-state index in [1.54, 1.807) is 0 Å². The van der Waals surface area contributed by atoms with Gasteiger partial charge in [0.05, 0.1) is 6.10 Å². The van der Waals surface area contributed by atoms with Gasteiger partial charge in [-0.25, -0.2) is 0 Å². The number of hydrogen-bond donors (Lipinski definition) is 1. The van der Waals surface area contributed by atoms with Gasteiger partial charge >= 0.3 is 0 Å². The van der Waals surface area contributed by atoms with Crippen LogP contribution in [-0.2, 0) is 11.3 Å². The van der Waals surface area contributed by atoms with E-state index in [-0.39, 0.29) is 0 Å². The lowest BCUT2D eigenvalue weighted by atomic mass is 10.2. The van der Waals surface area contributed by atoms with Gasteiger partial charge < -0.3 is 10.1 Å². The quantitative estimate of drug-likeness (QED) is 0.731. The van der Waals surface area contributed by atoms with Crippen LogP contribution < -0.4 is 5.32 Å². The minimum Gasteiger partial charge on any atom is -0.378 e. The van der Waals surface area contributed by atoms with E-state index in [1.807, 2.05) is 0 Å². The molecule has 1 saturated carbocycles. The fraction of sp³-hybridized carbons (Fsp3) is 0.600. The standard InChI is InChI=1S/C15H23NO/c1-2-7-14(8-3-1)13-16-11-6-12-17-15-9-4-5-10-15/h1-3,7-8,15-16H,4-6,9-13H2. The van der Waals surface area contributed by atoms with E-state index in [2.05, 4.69) is 35.6 Å². The van der Waals surface area contributed by atoms with Crippen molar-refractivity contribution < 1.29 is 4.74 Å². The van der Waals surface area contributed by atoms with E-state index in [4.69, 9.17) is 4.74 Å². The molecule has 1 aromatic carbocycles. The number of nitrogens with one attached hydrogen (secondary N) is 1. The highest BCUT2D eigenvalue weighted by atomic mass is 16.5. The molecule has 0 amide bonds. The van der Waals surface area contributed by atoms with Gasteiger partial charge in [0, 0.05) is 13.2 Å². The summed E-state index contributed by atoms with van der Waals surface area (Å²) in [6, 6.07) is 10.5. The Hall–Kier alpha value is -0.860. The third-order valence-corrected chi connectivity index (χ3v) is 3.33. The molecule has 0 heterocycles. The van der Waals surface area contributed by atoms with Crippen LogP contribution in [0.1, 0.15) is 37.7 Å². The van der Waals surface area contributed by atoms with Crippen molar-refractivity contribution in [3.05, 3.63) is 35.9 Å². The Bertz CT molecular complexity index is 293. The molecule has 1 N–H and O–H groups in total. The van der Waals surface area contributed by atoms with E-state index >= 15 is 0 Å². The average Bonchev–Trinajstić information content (AvgIpc) is 2.88. The van der Waals surface area contributed by atoms with Gasteiger partial charge in [0.2, 0.25) is 0 Å². The molecular weight excluding hydrogens is 210 g/mol. The van der Waals surface area contributed by atoms with Gasteiger partial charge in [-0.3, -0.25) is 0 Å². The molecule has 0 spiro atoms. The second-order valence-electron chi connectivity index (χ2n) is 4.79. The van der Waals surface area contributed by atoms with Crippen molar-refractivity contribution in [2.45, 2.75) is 44.8 Å². The molecule has 2 nitrogen and oxygen atoms in total. The van der Waals surface area contributed by atoms with Crippen LogP contribution in [0.3, 0.4) is 0 Å². The number of benzene rings is 1. The first kappa shape index (κ1) is 12.6. The van der Waals surface area contributed by atoms with Crippen LogP contribution in [0.15, 0.2) is 30.3 Å². The van der Waals surface area contributed by atoms with Gasteiger partial charge in [0.15, 0.2) is 0 Å². The van der Waals surface area contributed by atoms with E-state index in [0.29, 0.717) is 6.10 Å².